The third-order valence-corrected chi connectivity index (χ3v) is 2.19. The van der Waals surface area contributed by atoms with Gasteiger partial charge in [-0.15, -0.1) is 0 Å². The van der Waals surface area contributed by atoms with Crippen molar-refractivity contribution >= 4 is 5.91 Å². The predicted molar refractivity (Wildman–Crippen MR) is 58.5 cm³/mol. The first kappa shape index (κ1) is 11.7. The molecule has 0 aliphatic heterocycles. The summed E-state index contributed by atoms with van der Waals surface area (Å²) in [5.41, 5.74) is 0. The van der Waals surface area contributed by atoms with E-state index >= 15 is 0 Å². The van der Waals surface area contributed by atoms with Crippen LogP contribution in [0.5, 0.6) is 0 Å². The molecule has 0 aromatic carbocycles. The van der Waals surface area contributed by atoms with Crippen molar-refractivity contribution in [3.63, 3.8) is 0 Å². The lowest BCUT2D eigenvalue weighted by Gasteiger charge is -2.04. The van der Waals surface area contributed by atoms with Crippen molar-refractivity contribution in [1.82, 2.24) is 20.2 Å². The van der Waals surface area contributed by atoms with Crippen molar-refractivity contribution in [2.75, 3.05) is 20.1 Å². The molecule has 0 aliphatic carbocycles. The minimum absolute atomic E-state index is 0.0820. The van der Waals surface area contributed by atoms with Gasteiger partial charge in [-0.2, -0.15) is 0 Å². The maximum absolute atomic E-state index is 11.2. The van der Waals surface area contributed by atoms with Crippen molar-refractivity contribution in [1.29, 1.82) is 0 Å². The molecule has 0 saturated carbocycles. The highest BCUT2D eigenvalue weighted by Gasteiger charge is 2.01. The molecule has 0 saturated heterocycles. The molecular formula is C10H18N4O. The van der Waals surface area contributed by atoms with E-state index in [0.29, 0.717) is 19.5 Å². The van der Waals surface area contributed by atoms with E-state index in [1.807, 2.05) is 24.9 Å². The van der Waals surface area contributed by atoms with Gasteiger partial charge in [-0.05, 0) is 7.05 Å². The Morgan fingerprint density at radius 2 is 2.33 bits per heavy atom. The fourth-order valence-corrected chi connectivity index (χ4v) is 1.28. The average Bonchev–Trinajstić information content (AvgIpc) is 2.61. The van der Waals surface area contributed by atoms with Crippen LogP contribution < -0.4 is 10.6 Å². The van der Waals surface area contributed by atoms with Crippen molar-refractivity contribution < 1.29 is 4.79 Å². The lowest BCUT2D eigenvalue weighted by Crippen LogP contribution is -2.28. The summed E-state index contributed by atoms with van der Waals surface area (Å²) >= 11 is 0. The second kappa shape index (κ2) is 6.19. The summed E-state index contributed by atoms with van der Waals surface area (Å²) in [6.07, 6.45) is 4.96. The lowest BCUT2D eigenvalue weighted by molar-refractivity contribution is -0.120. The number of carbonyl (C=O) groups is 1. The number of hydrogen-bond acceptors (Lipinski definition) is 3. The Labute approximate surface area is 89.9 Å². The Morgan fingerprint density at radius 3 is 2.93 bits per heavy atom. The van der Waals surface area contributed by atoms with E-state index in [9.17, 15) is 4.79 Å². The van der Waals surface area contributed by atoms with E-state index in [1.165, 1.54) is 0 Å². The molecule has 5 nitrogen and oxygen atoms in total. The van der Waals surface area contributed by atoms with Crippen LogP contribution in [0.2, 0.25) is 0 Å². The van der Waals surface area contributed by atoms with Gasteiger partial charge < -0.3 is 15.2 Å². The summed E-state index contributed by atoms with van der Waals surface area (Å²) in [5, 5.41) is 5.79. The fraction of sp³-hybridized carbons (Fsp3) is 0.600. The third kappa shape index (κ3) is 4.12. The second-order valence-electron chi connectivity index (χ2n) is 3.41. The molecule has 84 valence electrons. The van der Waals surface area contributed by atoms with E-state index < -0.39 is 0 Å². The zero-order valence-electron chi connectivity index (χ0n) is 9.29. The second-order valence-corrected chi connectivity index (χ2v) is 3.41. The van der Waals surface area contributed by atoms with Gasteiger partial charge in [0.15, 0.2) is 0 Å². The molecular weight excluding hydrogens is 192 g/mol. The zero-order chi connectivity index (χ0) is 11.1. The molecule has 5 heteroatoms. The highest BCUT2D eigenvalue weighted by Crippen LogP contribution is 1.93. The molecule has 0 spiro atoms. The molecule has 1 aromatic heterocycles. The number of rotatable bonds is 6. The minimum Gasteiger partial charge on any atom is -0.356 e. The maximum Gasteiger partial charge on any atom is 0.221 e. The number of nitrogens with one attached hydrogen (secondary N) is 2. The predicted octanol–water partition coefficient (Wildman–Crippen LogP) is -0.312. The first-order valence-electron chi connectivity index (χ1n) is 5.11. The third-order valence-electron chi connectivity index (χ3n) is 2.19. The Bertz CT molecular complexity index is 308. The van der Waals surface area contributed by atoms with Crippen LogP contribution in [0, 0.1) is 0 Å². The van der Waals surface area contributed by atoms with Crippen LogP contribution in [0.15, 0.2) is 12.4 Å². The minimum atomic E-state index is 0.0820. The Kier molecular flexibility index (Phi) is 4.83. The molecule has 1 rings (SSSR count). The summed E-state index contributed by atoms with van der Waals surface area (Å²) in [6, 6.07) is 0. The van der Waals surface area contributed by atoms with Crippen molar-refractivity contribution in [2.45, 2.75) is 12.8 Å². The van der Waals surface area contributed by atoms with Gasteiger partial charge in [-0.3, -0.25) is 4.79 Å². The molecule has 1 aromatic rings. The monoisotopic (exact) mass is 210 g/mol. The van der Waals surface area contributed by atoms with Gasteiger partial charge in [-0.25, -0.2) is 4.98 Å². The van der Waals surface area contributed by atoms with Gasteiger partial charge in [0.2, 0.25) is 5.91 Å². The molecule has 15 heavy (non-hydrogen) atoms. The van der Waals surface area contributed by atoms with Gasteiger partial charge >= 0.3 is 0 Å². The summed E-state index contributed by atoms with van der Waals surface area (Å²) < 4.78 is 1.96. The van der Waals surface area contributed by atoms with Gasteiger partial charge in [0.05, 0.1) is 0 Å². The van der Waals surface area contributed by atoms with E-state index in [4.69, 9.17) is 0 Å². The van der Waals surface area contributed by atoms with E-state index in [-0.39, 0.29) is 5.91 Å². The summed E-state index contributed by atoms with van der Waals surface area (Å²) in [5.74, 6) is 1.07. The highest BCUT2D eigenvalue weighted by molar-refractivity contribution is 5.76. The van der Waals surface area contributed by atoms with Crippen LogP contribution >= 0.6 is 0 Å². The lowest BCUT2D eigenvalue weighted by atomic mass is 10.3. The fourth-order valence-electron chi connectivity index (χ4n) is 1.28. The number of amides is 1. The van der Waals surface area contributed by atoms with Crippen LogP contribution in [0.1, 0.15) is 12.2 Å². The van der Waals surface area contributed by atoms with E-state index in [0.717, 1.165) is 12.2 Å². The summed E-state index contributed by atoms with van der Waals surface area (Å²) in [7, 11) is 3.78. The molecule has 0 aliphatic rings. The van der Waals surface area contributed by atoms with Gasteiger partial charge in [0, 0.05) is 45.4 Å². The maximum atomic E-state index is 11.2. The molecule has 1 amide bonds. The molecule has 0 unspecified atom stereocenters. The van der Waals surface area contributed by atoms with Crippen LogP contribution in [-0.2, 0) is 18.3 Å². The molecule has 0 atom stereocenters. The number of nitrogens with zero attached hydrogens (tertiary/aromatic N) is 2. The Balaban J connectivity index is 2.16. The van der Waals surface area contributed by atoms with Crippen LogP contribution in [0.3, 0.4) is 0 Å². The van der Waals surface area contributed by atoms with E-state index in [1.54, 1.807) is 6.20 Å². The van der Waals surface area contributed by atoms with Crippen LogP contribution in [-0.4, -0.2) is 35.6 Å². The van der Waals surface area contributed by atoms with Gasteiger partial charge in [-0.1, -0.05) is 0 Å². The number of carbonyl (C=O) groups excluding carboxylic acids is 1. The highest BCUT2D eigenvalue weighted by atomic mass is 16.1. The SMILES string of the molecule is CNCCC(=O)NCCc1nccn1C. The van der Waals surface area contributed by atoms with Gasteiger partial charge in [0.25, 0.3) is 0 Å². The van der Waals surface area contributed by atoms with Crippen molar-refractivity contribution in [3.05, 3.63) is 18.2 Å². The Hall–Kier alpha value is -1.36. The largest absolute Gasteiger partial charge is 0.356 e. The van der Waals surface area contributed by atoms with Crippen LogP contribution in [0.4, 0.5) is 0 Å². The number of aromatic nitrogens is 2. The molecule has 0 fully saturated rings. The molecule has 0 radical (unpaired) electrons. The normalized spacial score (nSPS) is 10.3. The summed E-state index contributed by atoms with van der Waals surface area (Å²) in [6.45, 7) is 1.36. The van der Waals surface area contributed by atoms with Crippen molar-refractivity contribution in [2.24, 2.45) is 7.05 Å². The smallest absolute Gasteiger partial charge is 0.221 e. The quantitative estimate of drug-likeness (QED) is 0.677. The number of hydrogen-bond donors (Lipinski definition) is 2. The van der Waals surface area contributed by atoms with E-state index in [2.05, 4.69) is 15.6 Å². The summed E-state index contributed by atoms with van der Waals surface area (Å²) in [4.78, 5) is 15.4. The first-order chi connectivity index (χ1) is 7.24. The molecule has 2 N–H and O–H groups in total. The molecule has 0 bridgehead atoms. The zero-order valence-corrected chi connectivity index (χ0v) is 9.29. The Morgan fingerprint density at radius 1 is 1.53 bits per heavy atom. The van der Waals surface area contributed by atoms with Gasteiger partial charge in [0.1, 0.15) is 5.82 Å². The average molecular weight is 210 g/mol. The topological polar surface area (TPSA) is 59.0 Å². The van der Waals surface area contributed by atoms with Crippen LogP contribution in [0.25, 0.3) is 0 Å². The first-order valence-corrected chi connectivity index (χ1v) is 5.11. The van der Waals surface area contributed by atoms with Crippen molar-refractivity contribution in [3.8, 4) is 0 Å². The molecule has 1 heterocycles. The number of imidazole rings is 1. The number of aryl methyl sites for hydroxylation is 1. The standard InChI is InChI=1S/C10H18N4O/c1-11-5-4-10(15)13-6-3-9-12-7-8-14(9)2/h7-8,11H,3-6H2,1-2H3,(H,13,15).